The first-order chi connectivity index (χ1) is 3.89. The van der Waals surface area contributed by atoms with Crippen LogP contribution in [-0.2, 0) is 4.52 Å². The summed E-state index contributed by atoms with van der Waals surface area (Å²) < 4.78 is 1.96. The van der Waals surface area contributed by atoms with Crippen LogP contribution in [0.1, 0.15) is 25.7 Å². The highest BCUT2D eigenvalue weighted by Crippen LogP contribution is 2.40. The van der Waals surface area contributed by atoms with Crippen LogP contribution >= 0.6 is 0 Å². The van der Waals surface area contributed by atoms with E-state index in [4.69, 9.17) is 0 Å². The van der Waals surface area contributed by atoms with Crippen LogP contribution < -0.4 is 5.26 Å². The highest BCUT2D eigenvalue weighted by atomic mass is 17.3. The van der Waals surface area contributed by atoms with Crippen molar-refractivity contribution in [2.45, 2.75) is 37.9 Å². The van der Waals surface area contributed by atoms with E-state index in [2.05, 4.69) is 0 Å². The van der Waals surface area contributed by atoms with Gasteiger partial charge in [0.25, 0.3) is 0 Å². The van der Waals surface area contributed by atoms with E-state index in [0.717, 1.165) is 12.8 Å². The van der Waals surface area contributed by atoms with Crippen LogP contribution in [0.5, 0.6) is 0 Å². The first-order valence-electron chi connectivity index (χ1n) is 3.29. The average molecular weight is 114 g/mol. The smallest absolute Gasteiger partial charge is 0.234 e. The van der Waals surface area contributed by atoms with Gasteiger partial charge >= 0.3 is 0 Å². The molecule has 1 heterocycles. The SMILES string of the molecule is [O-][O+]1C2CCCCC21. The van der Waals surface area contributed by atoms with Gasteiger partial charge in [-0.2, -0.15) is 0 Å². The molecule has 2 aliphatic rings. The summed E-state index contributed by atoms with van der Waals surface area (Å²) in [4.78, 5) is 0. The van der Waals surface area contributed by atoms with Gasteiger partial charge in [0.15, 0.2) is 0 Å². The lowest BCUT2D eigenvalue weighted by Gasteiger charge is -1.94. The predicted octanol–water partition coefficient (Wildman–Crippen LogP) is 0.139. The van der Waals surface area contributed by atoms with Gasteiger partial charge in [0.2, 0.25) is 12.2 Å². The van der Waals surface area contributed by atoms with Gasteiger partial charge in [0, 0.05) is 12.8 Å². The van der Waals surface area contributed by atoms with Crippen molar-refractivity contribution in [1.82, 2.24) is 0 Å². The van der Waals surface area contributed by atoms with Crippen molar-refractivity contribution in [3.8, 4) is 0 Å². The molecule has 0 spiro atoms. The minimum absolute atomic E-state index is 0.365. The molecule has 2 nitrogen and oxygen atoms in total. The minimum atomic E-state index is 0.365. The molecular formula is C6H10O2. The quantitative estimate of drug-likeness (QED) is 0.250. The lowest BCUT2D eigenvalue weighted by molar-refractivity contribution is -0.743. The molecule has 0 radical (unpaired) electrons. The first-order valence-corrected chi connectivity index (χ1v) is 3.29. The van der Waals surface area contributed by atoms with Gasteiger partial charge in [-0.3, -0.25) is 0 Å². The van der Waals surface area contributed by atoms with Crippen molar-refractivity contribution >= 4 is 0 Å². The van der Waals surface area contributed by atoms with Crippen LogP contribution in [-0.4, -0.2) is 12.2 Å². The van der Waals surface area contributed by atoms with Crippen molar-refractivity contribution in [2.75, 3.05) is 0 Å². The minimum Gasteiger partial charge on any atom is -0.533 e. The maximum Gasteiger partial charge on any atom is 0.234 e. The number of hydrogen-bond donors (Lipinski definition) is 0. The molecule has 0 aromatic carbocycles. The Bertz CT molecular complexity index is 90.7. The molecule has 1 saturated heterocycles. The molecule has 2 fully saturated rings. The summed E-state index contributed by atoms with van der Waals surface area (Å²) in [6.45, 7) is 0. The number of fused-ring (bicyclic) bond motifs is 1. The summed E-state index contributed by atoms with van der Waals surface area (Å²) in [5.41, 5.74) is 0. The zero-order chi connectivity index (χ0) is 5.56. The fourth-order valence-electron chi connectivity index (χ4n) is 1.58. The van der Waals surface area contributed by atoms with Crippen LogP contribution in [0.2, 0.25) is 0 Å². The fraction of sp³-hybridized carbons (Fsp3) is 1.00. The van der Waals surface area contributed by atoms with Crippen molar-refractivity contribution in [3.63, 3.8) is 0 Å². The molecule has 1 saturated carbocycles. The molecule has 0 amide bonds. The summed E-state index contributed by atoms with van der Waals surface area (Å²) in [7, 11) is 0. The molecule has 0 aromatic rings. The van der Waals surface area contributed by atoms with Gasteiger partial charge < -0.3 is 9.78 Å². The summed E-state index contributed by atoms with van der Waals surface area (Å²) >= 11 is 0. The lowest BCUT2D eigenvalue weighted by atomic mass is 10.0. The first kappa shape index (κ1) is 4.77. The van der Waals surface area contributed by atoms with Gasteiger partial charge in [0.05, 0.1) is 0 Å². The third kappa shape index (κ3) is 0.501. The molecule has 46 valence electrons. The van der Waals surface area contributed by atoms with Crippen LogP contribution in [0.4, 0.5) is 0 Å². The van der Waals surface area contributed by atoms with Crippen LogP contribution in [0.25, 0.3) is 0 Å². The molecule has 1 aliphatic heterocycles. The van der Waals surface area contributed by atoms with Crippen LogP contribution in [0.3, 0.4) is 0 Å². The second-order valence-corrected chi connectivity index (χ2v) is 2.69. The lowest BCUT2D eigenvalue weighted by Crippen LogP contribution is -2.07. The van der Waals surface area contributed by atoms with E-state index >= 15 is 0 Å². The van der Waals surface area contributed by atoms with Gasteiger partial charge in [-0.05, 0) is 12.8 Å². The largest absolute Gasteiger partial charge is 0.533 e. The zero-order valence-corrected chi connectivity index (χ0v) is 4.80. The molecule has 2 rings (SSSR count). The molecule has 1 aliphatic carbocycles. The van der Waals surface area contributed by atoms with Crippen molar-refractivity contribution < 1.29 is 9.78 Å². The molecule has 0 aromatic heterocycles. The Morgan fingerprint density at radius 1 is 1.12 bits per heavy atom. The molecule has 8 heavy (non-hydrogen) atoms. The highest BCUT2D eigenvalue weighted by Gasteiger charge is 2.54. The second kappa shape index (κ2) is 1.45. The normalized spacial score (nSPS) is 46.1. The third-order valence-electron chi connectivity index (χ3n) is 2.16. The Kier molecular flexibility index (Phi) is 0.866. The van der Waals surface area contributed by atoms with E-state index in [1.807, 2.05) is 4.52 Å². The fourth-order valence-corrected chi connectivity index (χ4v) is 1.58. The van der Waals surface area contributed by atoms with Gasteiger partial charge in [-0.25, -0.2) is 0 Å². The van der Waals surface area contributed by atoms with Crippen LogP contribution in [0, 0.1) is 0 Å². The maximum absolute atomic E-state index is 10.6. The third-order valence-corrected chi connectivity index (χ3v) is 2.16. The van der Waals surface area contributed by atoms with Gasteiger partial charge in [-0.1, -0.05) is 0 Å². The Morgan fingerprint density at radius 3 is 2.00 bits per heavy atom. The van der Waals surface area contributed by atoms with Gasteiger partial charge in [0.1, 0.15) is 0 Å². The average Bonchev–Trinajstić information content (AvgIpc) is 2.46. The van der Waals surface area contributed by atoms with E-state index < -0.39 is 0 Å². The summed E-state index contributed by atoms with van der Waals surface area (Å²) in [5, 5.41) is 10.6. The second-order valence-electron chi connectivity index (χ2n) is 2.69. The molecule has 2 heteroatoms. The number of rotatable bonds is 0. The zero-order valence-electron chi connectivity index (χ0n) is 4.80. The number of hydrogen-bond acceptors (Lipinski definition) is 1. The van der Waals surface area contributed by atoms with E-state index in [0.29, 0.717) is 12.2 Å². The van der Waals surface area contributed by atoms with E-state index in [1.165, 1.54) is 12.8 Å². The Hall–Kier alpha value is -0.0800. The Balaban J connectivity index is 1.97. The maximum atomic E-state index is 10.6. The summed E-state index contributed by atoms with van der Waals surface area (Å²) in [6.07, 6.45) is 5.49. The van der Waals surface area contributed by atoms with Crippen molar-refractivity contribution in [3.05, 3.63) is 0 Å². The van der Waals surface area contributed by atoms with Crippen molar-refractivity contribution in [2.24, 2.45) is 0 Å². The summed E-state index contributed by atoms with van der Waals surface area (Å²) in [6, 6.07) is 0. The van der Waals surface area contributed by atoms with E-state index in [9.17, 15) is 5.26 Å². The number of epoxide rings is 1. The summed E-state index contributed by atoms with van der Waals surface area (Å²) in [5.74, 6) is 0. The molecular weight excluding hydrogens is 104 g/mol. The monoisotopic (exact) mass is 114 g/mol. The van der Waals surface area contributed by atoms with Gasteiger partial charge in [-0.15, -0.1) is 0 Å². The predicted molar refractivity (Wildman–Crippen MR) is 27.1 cm³/mol. The molecule has 0 bridgehead atoms. The van der Waals surface area contributed by atoms with E-state index in [-0.39, 0.29) is 0 Å². The standard InChI is InChI=1S/C6H10O2/c7-8-5-3-1-2-4-6(5)8/h5-6H,1-4H2. The van der Waals surface area contributed by atoms with Crippen LogP contribution in [0.15, 0.2) is 0 Å². The Labute approximate surface area is 48.7 Å². The molecule has 2 atom stereocenters. The highest BCUT2D eigenvalue weighted by molar-refractivity contribution is 4.89. The molecule has 0 N–H and O–H groups in total. The molecule has 2 unspecified atom stereocenters. The van der Waals surface area contributed by atoms with Crippen molar-refractivity contribution in [1.29, 1.82) is 0 Å². The topological polar surface area (TPSA) is 25.8 Å². The Morgan fingerprint density at radius 2 is 1.62 bits per heavy atom. The van der Waals surface area contributed by atoms with E-state index in [1.54, 1.807) is 0 Å².